The number of esters is 1. The van der Waals surface area contributed by atoms with Crippen molar-refractivity contribution in [1.29, 1.82) is 0 Å². The number of aryl methyl sites for hydroxylation is 1. The molecule has 2 fully saturated rings. The third kappa shape index (κ3) is 4.23. The standard InChI is InChI=1S/C23H30N2O5S/c1-22(2,31-25-28)13-21(26)29-15-5-7-16-14(12-15)4-6-18-17(16)10-11-23(3)19(18)8-9-20(23)30-24-27/h5,7,12,17-20H,4,6,8-11,13H2,1-3H3/t17-,18-,19+,20+,23+/m1/s1. The lowest BCUT2D eigenvalue weighted by atomic mass is 9.55. The summed E-state index contributed by atoms with van der Waals surface area (Å²) in [6, 6.07) is 6.02. The summed E-state index contributed by atoms with van der Waals surface area (Å²) in [5.41, 5.74) is 2.67. The summed E-state index contributed by atoms with van der Waals surface area (Å²) in [4.78, 5) is 38.8. The number of hydrogen-bond acceptors (Lipinski definition) is 8. The minimum Gasteiger partial charge on any atom is -0.426 e. The summed E-state index contributed by atoms with van der Waals surface area (Å²) in [6.07, 6.45) is 6.23. The van der Waals surface area contributed by atoms with Gasteiger partial charge in [0.2, 0.25) is 0 Å². The van der Waals surface area contributed by atoms with Gasteiger partial charge in [-0.25, -0.2) is 0 Å². The fourth-order valence-electron chi connectivity index (χ4n) is 6.45. The van der Waals surface area contributed by atoms with Gasteiger partial charge in [-0.2, -0.15) is 0 Å². The Morgan fingerprint density at radius 2 is 2.03 bits per heavy atom. The Kier molecular flexibility index (Phi) is 6.12. The third-order valence-electron chi connectivity index (χ3n) is 7.87. The predicted octanol–water partition coefficient (Wildman–Crippen LogP) is 6.10. The molecule has 7 nitrogen and oxygen atoms in total. The Hall–Kier alpha value is -1.96. The second kappa shape index (κ2) is 8.52. The number of nitroso groups, excluding NO2 is 1. The summed E-state index contributed by atoms with van der Waals surface area (Å²) in [7, 11) is 0. The molecule has 3 aliphatic carbocycles. The van der Waals surface area contributed by atoms with Gasteiger partial charge < -0.3 is 9.57 Å². The van der Waals surface area contributed by atoms with Crippen LogP contribution in [-0.2, 0) is 16.1 Å². The summed E-state index contributed by atoms with van der Waals surface area (Å²) >= 11 is 0.854. The number of carbonyl (C=O) groups is 1. The molecule has 0 amide bonds. The van der Waals surface area contributed by atoms with Crippen LogP contribution in [0.4, 0.5) is 0 Å². The molecule has 0 aliphatic heterocycles. The SMILES string of the molecule is CC(C)(CC(=O)Oc1ccc2c(c1)CC[C@@H]1[C@@H]2CC[C@]2(C)[C@@H](ON=O)CC[C@@H]12)SN=O. The first-order chi connectivity index (χ1) is 14.8. The molecule has 4 rings (SSSR count). The summed E-state index contributed by atoms with van der Waals surface area (Å²) in [6.45, 7) is 5.87. The molecule has 3 aliphatic rings. The molecule has 0 unspecified atom stereocenters. The van der Waals surface area contributed by atoms with Gasteiger partial charge >= 0.3 is 5.97 Å². The van der Waals surface area contributed by atoms with Crippen LogP contribution in [0, 0.1) is 27.1 Å². The first kappa shape index (κ1) is 22.2. The van der Waals surface area contributed by atoms with Crippen molar-refractivity contribution in [1.82, 2.24) is 0 Å². The Bertz CT molecular complexity index is 876. The number of fused-ring (bicyclic) bond motifs is 5. The lowest BCUT2D eigenvalue weighted by molar-refractivity contribution is -0.134. The van der Waals surface area contributed by atoms with Crippen molar-refractivity contribution in [3.05, 3.63) is 39.1 Å². The van der Waals surface area contributed by atoms with Crippen LogP contribution >= 0.6 is 11.9 Å². The van der Waals surface area contributed by atoms with Crippen molar-refractivity contribution in [2.24, 2.45) is 27.2 Å². The van der Waals surface area contributed by atoms with E-state index in [1.165, 1.54) is 11.1 Å². The molecule has 168 valence electrons. The van der Waals surface area contributed by atoms with E-state index in [-0.39, 0.29) is 23.9 Å². The van der Waals surface area contributed by atoms with Crippen LogP contribution < -0.4 is 4.74 Å². The molecule has 0 radical (unpaired) electrons. The number of ether oxygens (including phenoxy) is 1. The Labute approximate surface area is 187 Å². The fourth-order valence-corrected chi connectivity index (χ4v) is 6.83. The van der Waals surface area contributed by atoms with Crippen molar-refractivity contribution >= 4 is 17.9 Å². The first-order valence-corrected chi connectivity index (χ1v) is 11.9. The van der Waals surface area contributed by atoms with E-state index in [2.05, 4.69) is 22.9 Å². The topological polar surface area (TPSA) is 94.4 Å². The van der Waals surface area contributed by atoms with Crippen LogP contribution in [-0.4, -0.2) is 16.8 Å². The van der Waals surface area contributed by atoms with Crippen LogP contribution in [0.25, 0.3) is 0 Å². The molecule has 0 bridgehead atoms. The van der Waals surface area contributed by atoms with E-state index in [1.807, 2.05) is 12.1 Å². The quantitative estimate of drug-likeness (QED) is 0.165. The van der Waals surface area contributed by atoms with Crippen molar-refractivity contribution < 1.29 is 14.4 Å². The van der Waals surface area contributed by atoms with E-state index in [4.69, 9.17) is 9.57 Å². The number of carbonyl (C=O) groups excluding carboxylic acids is 1. The van der Waals surface area contributed by atoms with Gasteiger partial charge in [-0.3, -0.25) is 4.79 Å². The van der Waals surface area contributed by atoms with Crippen molar-refractivity contribution in [2.45, 2.75) is 82.5 Å². The van der Waals surface area contributed by atoms with E-state index in [0.29, 0.717) is 23.5 Å². The maximum Gasteiger partial charge on any atom is 0.312 e. The monoisotopic (exact) mass is 446 g/mol. The zero-order chi connectivity index (χ0) is 22.2. The average molecular weight is 447 g/mol. The van der Waals surface area contributed by atoms with Gasteiger partial charge in [0.15, 0.2) is 5.34 Å². The summed E-state index contributed by atoms with van der Waals surface area (Å²) in [5.74, 6) is 1.85. The molecule has 1 aromatic rings. The van der Waals surface area contributed by atoms with E-state index in [9.17, 15) is 14.6 Å². The number of nitrogens with zero attached hydrogens (tertiary/aromatic N) is 2. The Balaban J connectivity index is 1.47. The Morgan fingerprint density at radius 3 is 2.77 bits per heavy atom. The molecule has 0 aromatic heterocycles. The molecule has 0 N–H and O–H groups in total. The van der Waals surface area contributed by atoms with Gasteiger partial charge in [0.25, 0.3) is 0 Å². The lowest BCUT2D eigenvalue weighted by Crippen LogP contribution is -2.44. The molecule has 8 heteroatoms. The number of benzene rings is 1. The van der Waals surface area contributed by atoms with Crippen molar-refractivity contribution in [3.8, 4) is 5.75 Å². The van der Waals surface area contributed by atoms with Gasteiger partial charge in [0, 0.05) is 26.7 Å². The fraction of sp³-hybridized carbons (Fsp3) is 0.696. The van der Waals surface area contributed by atoms with Gasteiger partial charge in [0.1, 0.15) is 11.9 Å². The highest BCUT2D eigenvalue weighted by Gasteiger charge is 2.56. The average Bonchev–Trinajstić information content (AvgIpc) is 3.03. The van der Waals surface area contributed by atoms with Gasteiger partial charge in [-0.15, -0.1) is 9.81 Å². The predicted molar refractivity (Wildman–Crippen MR) is 119 cm³/mol. The third-order valence-corrected chi connectivity index (χ3v) is 8.58. The summed E-state index contributed by atoms with van der Waals surface area (Å²) < 4.78 is 7.82. The Morgan fingerprint density at radius 1 is 1.23 bits per heavy atom. The van der Waals surface area contributed by atoms with Crippen molar-refractivity contribution in [2.75, 3.05) is 0 Å². The van der Waals surface area contributed by atoms with E-state index >= 15 is 0 Å². The largest absolute Gasteiger partial charge is 0.426 e. The van der Waals surface area contributed by atoms with Crippen LogP contribution in [0.1, 0.15) is 76.3 Å². The molecule has 0 heterocycles. The van der Waals surface area contributed by atoms with Crippen LogP contribution in [0.2, 0.25) is 0 Å². The van der Waals surface area contributed by atoms with Gasteiger partial charge in [-0.05, 0) is 93.4 Å². The van der Waals surface area contributed by atoms with Crippen LogP contribution in [0.3, 0.4) is 0 Å². The normalized spacial score (nSPS) is 31.7. The number of rotatable bonds is 7. The molecule has 0 saturated heterocycles. The van der Waals surface area contributed by atoms with Crippen LogP contribution in [0.5, 0.6) is 5.75 Å². The summed E-state index contributed by atoms with van der Waals surface area (Å²) in [5, 5.41) is 2.75. The first-order valence-electron chi connectivity index (χ1n) is 11.1. The molecule has 1 aromatic carbocycles. The zero-order valence-corrected chi connectivity index (χ0v) is 19.2. The van der Waals surface area contributed by atoms with E-state index in [1.54, 1.807) is 13.8 Å². The lowest BCUT2D eigenvalue weighted by Gasteiger charge is -2.50. The highest BCUT2D eigenvalue weighted by Crippen LogP contribution is 2.61. The van der Waals surface area contributed by atoms with Crippen molar-refractivity contribution in [3.63, 3.8) is 0 Å². The molecule has 2 saturated carbocycles. The molecule has 31 heavy (non-hydrogen) atoms. The van der Waals surface area contributed by atoms with E-state index in [0.717, 1.165) is 50.5 Å². The molecular formula is C23H30N2O5S. The second-order valence-corrected chi connectivity index (χ2v) is 11.6. The number of hydrogen-bond donors (Lipinski definition) is 0. The minimum absolute atomic E-state index is 0.0310. The molecule has 0 spiro atoms. The van der Waals surface area contributed by atoms with Gasteiger partial charge in [-0.1, -0.05) is 13.0 Å². The maximum atomic E-state index is 12.3. The highest BCUT2D eigenvalue weighted by atomic mass is 32.2. The zero-order valence-electron chi connectivity index (χ0n) is 18.3. The molecule has 5 atom stereocenters. The molecular weight excluding hydrogens is 416 g/mol. The minimum atomic E-state index is -0.586. The van der Waals surface area contributed by atoms with E-state index < -0.39 is 4.75 Å². The highest BCUT2D eigenvalue weighted by molar-refractivity contribution is 7.99. The smallest absolute Gasteiger partial charge is 0.312 e. The van der Waals surface area contributed by atoms with Gasteiger partial charge in [0.05, 0.1) is 6.42 Å². The van der Waals surface area contributed by atoms with Crippen LogP contribution in [0.15, 0.2) is 28.1 Å². The maximum absolute atomic E-state index is 12.3. The second-order valence-electron chi connectivity index (χ2n) is 10.1.